The van der Waals surface area contributed by atoms with E-state index >= 15 is 0 Å². The summed E-state index contributed by atoms with van der Waals surface area (Å²) in [4.78, 5) is 39.3. The van der Waals surface area contributed by atoms with Gasteiger partial charge in [-0.2, -0.15) is 26.3 Å². The molecule has 0 bridgehead atoms. The van der Waals surface area contributed by atoms with Crippen LogP contribution in [0.15, 0.2) is 67.0 Å². The lowest BCUT2D eigenvalue weighted by atomic mass is 9.96. The fraction of sp³-hybridized carbons (Fsp3) is 0.250. The lowest BCUT2D eigenvalue weighted by Gasteiger charge is -2.22. The summed E-state index contributed by atoms with van der Waals surface area (Å²) >= 11 is 0. The number of aromatic hydroxyl groups is 1. The number of fused-ring (bicyclic) bond motifs is 2. The van der Waals surface area contributed by atoms with Crippen LogP contribution in [0, 0.1) is 5.92 Å². The van der Waals surface area contributed by atoms with Gasteiger partial charge in [0.1, 0.15) is 11.3 Å². The Kier molecular flexibility index (Phi) is 11.4. The molecule has 1 amide bonds. The van der Waals surface area contributed by atoms with Gasteiger partial charge >= 0.3 is 24.3 Å². The Balaban J connectivity index is 0.000000384. The van der Waals surface area contributed by atoms with Gasteiger partial charge in [-0.15, -0.1) is 0 Å². The van der Waals surface area contributed by atoms with Gasteiger partial charge in [0.15, 0.2) is 0 Å². The van der Waals surface area contributed by atoms with Gasteiger partial charge in [-0.05, 0) is 29.7 Å². The summed E-state index contributed by atoms with van der Waals surface area (Å²) in [5.41, 5.74) is 2.81. The van der Waals surface area contributed by atoms with E-state index in [0.717, 1.165) is 21.9 Å². The van der Waals surface area contributed by atoms with Gasteiger partial charge in [0.25, 0.3) is 0 Å². The second-order valence-electron chi connectivity index (χ2n) is 9.24. The topological polar surface area (TPSA) is 150 Å². The van der Waals surface area contributed by atoms with Crippen molar-refractivity contribution in [2.45, 2.75) is 38.7 Å². The number of amides is 1. The predicted octanol–water partition coefficient (Wildman–Crippen LogP) is 6.01. The van der Waals surface area contributed by atoms with Gasteiger partial charge in [-0.1, -0.05) is 50.2 Å². The first-order chi connectivity index (χ1) is 19.9. The van der Waals surface area contributed by atoms with Crippen LogP contribution in [0.25, 0.3) is 21.8 Å². The zero-order valence-electron chi connectivity index (χ0n) is 22.4. The molecular weight excluding hydrogens is 588 g/mol. The van der Waals surface area contributed by atoms with Crippen molar-refractivity contribution in [1.29, 1.82) is 0 Å². The quantitative estimate of drug-likeness (QED) is 0.200. The molecule has 1 unspecified atom stereocenters. The molecule has 15 heteroatoms. The summed E-state index contributed by atoms with van der Waals surface area (Å²) in [6.45, 7) is 4.01. The van der Waals surface area contributed by atoms with Gasteiger partial charge in [0.05, 0.1) is 11.6 Å². The number of aromatic nitrogens is 2. The number of alkyl halides is 6. The number of carbonyl (C=O) groups is 3. The van der Waals surface area contributed by atoms with Crippen LogP contribution < -0.4 is 5.32 Å². The molecule has 0 spiro atoms. The number of benzene rings is 2. The van der Waals surface area contributed by atoms with Crippen molar-refractivity contribution in [3.05, 3.63) is 78.1 Å². The third kappa shape index (κ3) is 10.1. The van der Waals surface area contributed by atoms with E-state index in [1.807, 2.05) is 68.4 Å². The maximum Gasteiger partial charge on any atom is 0.490 e. The van der Waals surface area contributed by atoms with Crippen LogP contribution in [-0.2, 0) is 14.4 Å². The average molecular weight is 614 g/mol. The fourth-order valence-corrected chi connectivity index (χ4v) is 3.56. The van der Waals surface area contributed by atoms with E-state index in [1.54, 1.807) is 12.4 Å². The third-order valence-electron chi connectivity index (χ3n) is 5.42. The highest BCUT2D eigenvalue weighted by molar-refractivity contribution is 5.87. The lowest BCUT2D eigenvalue weighted by Crippen LogP contribution is -2.30. The van der Waals surface area contributed by atoms with Crippen molar-refractivity contribution in [2.24, 2.45) is 5.92 Å². The first kappa shape index (κ1) is 34.3. The largest absolute Gasteiger partial charge is 0.505 e. The highest BCUT2D eigenvalue weighted by Gasteiger charge is 2.38. The number of carbonyl (C=O) groups excluding carboxylic acids is 1. The number of phenols is 1. The molecule has 2 aromatic carbocycles. The minimum Gasteiger partial charge on any atom is -0.505 e. The smallest absolute Gasteiger partial charge is 0.490 e. The number of carboxylic acid groups (broad SMARTS) is 2. The molecule has 0 fully saturated rings. The minimum atomic E-state index is -5.08. The number of pyridine rings is 2. The summed E-state index contributed by atoms with van der Waals surface area (Å²) in [7, 11) is 0. The maximum atomic E-state index is 12.6. The van der Waals surface area contributed by atoms with E-state index in [9.17, 15) is 36.2 Å². The van der Waals surface area contributed by atoms with Crippen LogP contribution in [0.4, 0.5) is 26.3 Å². The number of aliphatic carboxylic acids is 2. The number of hydrogen-bond acceptors (Lipinski definition) is 6. The van der Waals surface area contributed by atoms with Crippen LogP contribution in [0.1, 0.15) is 37.4 Å². The van der Waals surface area contributed by atoms with Crippen molar-refractivity contribution in [1.82, 2.24) is 15.3 Å². The molecule has 2 heterocycles. The van der Waals surface area contributed by atoms with Gasteiger partial charge in [0.2, 0.25) is 5.91 Å². The Morgan fingerprint density at radius 3 is 1.95 bits per heavy atom. The second-order valence-corrected chi connectivity index (χ2v) is 9.24. The molecule has 0 radical (unpaired) electrons. The van der Waals surface area contributed by atoms with Gasteiger partial charge < -0.3 is 20.6 Å². The maximum absolute atomic E-state index is 12.6. The van der Waals surface area contributed by atoms with Crippen molar-refractivity contribution in [3.8, 4) is 5.75 Å². The number of nitrogens with zero attached hydrogens (tertiary/aromatic N) is 2. The van der Waals surface area contributed by atoms with Crippen LogP contribution >= 0.6 is 0 Å². The van der Waals surface area contributed by atoms with Crippen LogP contribution in [0.2, 0.25) is 0 Å². The highest BCUT2D eigenvalue weighted by Crippen LogP contribution is 2.35. The van der Waals surface area contributed by atoms with Crippen molar-refractivity contribution in [2.75, 3.05) is 0 Å². The summed E-state index contributed by atoms with van der Waals surface area (Å²) in [5, 5.41) is 30.1. The Hall–Kier alpha value is -4.95. The Morgan fingerprint density at radius 1 is 0.837 bits per heavy atom. The third-order valence-corrected chi connectivity index (χ3v) is 5.42. The van der Waals surface area contributed by atoms with E-state index in [0.29, 0.717) is 17.5 Å². The van der Waals surface area contributed by atoms with Crippen molar-refractivity contribution >= 4 is 39.7 Å². The molecule has 4 aromatic rings. The van der Waals surface area contributed by atoms with Crippen LogP contribution in [0.3, 0.4) is 0 Å². The van der Waals surface area contributed by atoms with Crippen molar-refractivity contribution in [3.63, 3.8) is 0 Å². The van der Waals surface area contributed by atoms with E-state index < -0.39 is 30.3 Å². The summed E-state index contributed by atoms with van der Waals surface area (Å²) in [6, 6.07) is 16.8. The van der Waals surface area contributed by atoms with Crippen LogP contribution in [0.5, 0.6) is 5.75 Å². The minimum absolute atomic E-state index is 0.0707. The Morgan fingerprint density at radius 2 is 1.40 bits per heavy atom. The first-order valence-electron chi connectivity index (χ1n) is 12.2. The summed E-state index contributed by atoms with van der Waals surface area (Å²) < 4.78 is 63.5. The number of nitrogens with one attached hydrogen (secondary N) is 1. The average Bonchev–Trinajstić information content (AvgIpc) is 2.91. The molecule has 0 aliphatic rings. The Bertz CT molecular complexity index is 1570. The SMILES string of the molecule is CC(C)CC(=O)NC(c1cnc2ccccc2c1)c1ccc2cccnc2c1O.O=C(O)C(F)(F)F.O=C(O)C(F)(F)F. The van der Waals surface area contributed by atoms with E-state index in [4.69, 9.17) is 19.8 Å². The van der Waals surface area contributed by atoms with E-state index in [1.165, 1.54) is 0 Å². The standard InChI is InChI=1S/C24H23N3O2.2C2HF3O2/c1-15(2)12-21(28)27-22(18-13-17-6-3-4-8-20(17)26-14-18)19-10-9-16-7-5-11-25-23(16)24(19)29;2*3-2(4,5)1(6)7/h3-11,13-15,22,29H,12H2,1-2H3,(H,27,28);2*(H,6,7). The molecule has 9 nitrogen and oxygen atoms in total. The van der Waals surface area contributed by atoms with Crippen molar-refractivity contribution < 1.29 is 56.0 Å². The fourth-order valence-electron chi connectivity index (χ4n) is 3.56. The molecule has 230 valence electrons. The summed E-state index contributed by atoms with van der Waals surface area (Å²) in [6.07, 6.45) is -6.36. The monoisotopic (exact) mass is 613 g/mol. The highest BCUT2D eigenvalue weighted by atomic mass is 19.4. The Labute approximate surface area is 239 Å². The molecular formula is C28H25F6N3O6. The van der Waals surface area contributed by atoms with Gasteiger partial charge in [-0.3, -0.25) is 14.8 Å². The molecule has 2 aromatic heterocycles. The number of hydrogen-bond donors (Lipinski definition) is 4. The molecule has 1 atom stereocenters. The van der Waals surface area contributed by atoms with E-state index in [-0.39, 0.29) is 17.6 Å². The molecule has 4 rings (SSSR count). The van der Waals surface area contributed by atoms with E-state index in [2.05, 4.69) is 15.3 Å². The predicted molar refractivity (Wildman–Crippen MR) is 142 cm³/mol. The normalized spacial score (nSPS) is 12.0. The molecule has 43 heavy (non-hydrogen) atoms. The number of phenolic OH excluding ortho intramolecular Hbond substituents is 1. The second kappa shape index (κ2) is 14.3. The molecule has 0 saturated carbocycles. The van der Waals surface area contributed by atoms with Gasteiger partial charge in [-0.25, -0.2) is 9.59 Å². The van der Waals surface area contributed by atoms with Crippen LogP contribution in [-0.4, -0.2) is 55.5 Å². The first-order valence-corrected chi connectivity index (χ1v) is 12.2. The summed E-state index contributed by atoms with van der Waals surface area (Å²) in [5.74, 6) is -5.28. The van der Waals surface area contributed by atoms with Gasteiger partial charge in [0, 0.05) is 35.2 Å². The molecule has 4 N–H and O–H groups in total. The lowest BCUT2D eigenvalue weighted by molar-refractivity contribution is -0.193. The molecule has 0 aliphatic heterocycles. The number of para-hydroxylation sites is 1. The number of halogens is 6. The molecule has 0 saturated heterocycles. The molecule has 0 aliphatic carbocycles. The zero-order chi connectivity index (χ0) is 32.5. The number of carboxylic acids is 2. The zero-order valence-corrected chi connectivity index (χ0v) is 22.4. The number of rotatable bonds is 5.